The van der Waals surface area contributed by atoms with Gasteiger partial charge in [0.15, 0.2) is 5.96 Å². The van der Waals surface area contributed by atoms with Crippen molar-refractivity contribution in [3.63, 3.8) is 0 Å². The zero-order valence-corrected chi connectivity index (χ0v) is 16.2. The molecule has 2 aromatic rings. The number of nitrogens with one attached hydrogen (secondary N) is 1. The van der Waals surface area contributed by atoms with E-state index < -0.39 is 0 Å². The van der Waals surface area contributed by atoms with Crippen molar-refractivity contribution in [1.29, 1.82) is 0 Å². The first-order valence-corrected chi connectivity index (χ1v) is 9.34. The highest BCUT2D eigenvalue weighted by Crippen LogP contribution is 2.12. The molecule has 0 aliphatic rings. The van der Waals surface area contributed by atoms with Gasteiger partial charge in [-0.3, -0.25) is 4.99 Å². The SMILES string of the molecule is CCNC(=NCCc1ccc(C)cc1C)N(C)Cc1csc(C)n1. The number of rotatable bonds is 6. The predicted octanol–water partition coefficient (Wildman–Crippen LogP) is 3.71. The normalized spacial score (nSPS) is 11.6. The second kappa shape index (κ2) is 8.83. The monoisotopic (exact) mass is 344 g/mol. The molecule has 1 heterocycles. The summed E-state index contributed by atoms with van der Waals surface area (Å²) in [7, 11) is 2.06. The summed E-state index contributed by atoms with van der Waals surface area (Å²) in [5.74, 6) is 0.938. The zero-order chi connectivity index (χ0) is 17.5. The molecule has 0 saturated carbocycles. The van der Waals surface area contributed by atoms with Crippen LogP contribution in [0, 0.1) is 20.8 Å². The molecule has 0 radical (unpaired) electrons. The lowest BCUT2D eigenvalue weighted by molar-refractivity contribution is 0.471. The van der Waals surface area contributed by atoms with Gasteiger partial charge < -0.3 is 10.2 Å². The van der Waals surface area contributed by atoms with E-state index in [4.69, 9.17) is 4.99 Å². The fourth-order valence-electron chi connectivity index (χ4n) is 2.68. The van der Waals surface area contributed by atoms with Crippen molar-refractivity contribution in [3.8, 4) is 0 Å². The van der Waals surface area contributed by atoms with Crippen molar-refractivity contribution in [2.45, 2.75) is 40.7 Å². The van der Waals surface area contributed by atoms with Gasteiger partial charge in [-0.2, -0.15) is 0 Å². The fourth-order valence-corrected chi connectivity index (χ4v) is 3.28. The number of aliphatic imine (C=N–C) groups is 1. The van der Waals surface area contributed by atoms with Crippen LogP contribution in [0.4, 0.5) is 0 Å². The molecule has 130 valence electrons. The minimum atomic E-state index is 0.778. The molecule has 0 atom stereocenters. The number of thiazole rings is 1. The number of aromatic nitrogens is 1. The zero-order valence-electron chi connectivity index (χ0n) is 15.4. The summed E-state index contributed by atoms with van der Waals surface area (Å²) in [5.41, 5.74) is 5.13. The van der Waals surface area contributed by atoms with Gasteiger partial charge in [-0.25, -0.2) is 4.98 Å². The van der Waals surface area contributed by atoms with E-state index in [0.29, 0.717) is 0 Å². The molecule has 24 heavy (non-hydrogen) atoms. The van der Waals surface area contributed by atoms with Gasteiger partial charge in [0.2, 0.25) is 0 Å². The van der Waals surface area contributed by atoms with Crippen LogP contribution in [0.5, 0.6) is 0 Å². The maximum atomic E-state index is 4.78. The third kappa shape index (κ3) is 5.34. The molecule has 0 saturated heterocycles. The molecule has 0 amide bonds. The van der Waals surface area contributed by atoms with E-state index in [9.17, 15) is 0 Å². The van der Waals surface area contributed by atoms with Crippen molar-refractivity contribution in [3.05, 3.63) is 51.0 Å². The number of nitrogens with zero attached hydrogens (tertiary/aromatic N) is 3. The average molecular weight is 345 g/mol. The van der Waals surface area contributed by atoms with Gasteiger partial charge in [-0.15, -0.1) is 11.3 Å². The Hall–Kier alpha value is -1.88. The van der Waals surface area contributed by atoms with Crippen LogP contribution in [0.2, 0.25) is 0 Å². The van der Waals surface area contributed by atoms with E-state index in [-0.39, 0.29) is 0 Å². The number of aryl methyl sites for hydroxylation is 3. The first-order chi connectivity index (χ1) is 11.5. The van der Waals surface area contributed by atoms with E-state index in [0.717, 1.165) is 42.7 Å². The Morgan fingerprint density at radius 1 is 1.29 bits per heavy atom. The minimum Gasteiger partial charge on any atom is -0.357 e. The largest absolute Gasteiger partial charge is 0.357 e. The highest BCUT2D eigenvalue weighted by Gasteiger charge is 2.08. The van der Waals surface area contributed by atoms with E-state index >= 15 is 0 Å². The minimum absolute atomic E-state index is 0.778. The Morgan fingerprint density at radius 2 is 2.08 bits per heavy atom. The fraction of sp³-hybridized carbons (Fsp3) is 0.474. The maximum absolute atomic E-state index is 4.78. The van der Waals surface area contributed by atoms with E-state index in [1.807, 2.05) is 6.92 Å². The van der Waals surface area contributed by atoms with Crippen molar-refractivity contribution < 1.29 is 0 Å². The molecule has 0 aliphatic heterocycles. The molecule has 0 spiro atoms. The van der Waals surface area contributed by atoms with Crippen LogP contribution in [0.1, 0.15) is 34.3 Å². The smallest absolute Gasteiger partial charge is 0.194 e. The van der Waals surface area contributed by atoms with Gasteiger partial charge in [-0.1, -0.05) is 23.8 Å². The molecule has 0 aliphatic carbocycles. The summed E-state index contributed by atoms with van der Waals surface area (Å²) in [5, 5.41) is 6.59. The van der Waals surface area contributed by atoms with Crippen molar-refractivity contribution in [2.24, 2.45) is 4.99 Å². The Balaban J connectivity index is 1.98. The lowest BCUT2D eigenvalue weighted by atomic mass is 10.0. The van der Waals surface area contributed by atoms with Crippen LogP contribution >= 0.6 is 11.3 Å². The van der Waals surface area contributed by atoms with Crippen LogP contribution in [-0.2, 0) is 13.0 Å². The van der Waals surface area contributed by atoms with Gasteiger partial charge in [0.1, 0.15) is 0 Å². The van der Waals surface area contributed by atoms with Gasteiger partial charge >= 0.3 is 0 Å². The number of benzene rings is 1. The van der Waals surface area contributed by atoms with Gasteiger partial charge in [0.05, 0.1) is 17.2 Å². The molecule has 0 unspecified atom stereocenters. The molecule has 1 N–H and O–H groups in total. The average Bonchev–Trinajstić information content (AvgIpc) is 2.93. The van der Waals surface area contributed by atoms with Gasteiger partial charge in [0, 0.05) is 25.5 Å². The van der Waals surface area contributed by atoms with Crippen LogP contribution in [0.25, 0.3) is 0 Å². The molecule has 5 heteroatoms. The Kier molecular flexibility index (Phi) is 6.79. The summed E-state index contributed by atoms with van der Waals surface area (Å²) in [6, 6.07) is 6.63. The second-order valence-electron chi connectivity index (χ2n) is 6.13. The third-order valence-electron chi connectivity index (χ3n) is 3.90. The number of hydrogen-bond donors (Lipinski definition) is 1. The van der Waals surface area contributed by atoms with Crippen LogP contribution < -0.4 is 5.32 Å². The van der Waals surface area contributed by atoms with Gasteiger partial charge in [0.25, 0.3) is 0 Å². The molecule has 0 bridgehead atoms. The van der Waals surface area contributed by atoms with E-state index in [1.54, 1.807) is 11.3 Å². The highest BCUT2D eigenvalue weighted by molar-refractivity contribution is 7.09. The third-order valence-corrected chi connectivity index (χ3v) is 4.73. The quantitative estimate of drug-likeness (QED) is 0.641. The van der Waals surface area contributed by atoms with Crippen LogP contribution in [0.15, 0.2) is 28.6 Å². The summed E-state index contributed by atoms with van der Waals surface area (Å²) < 4.78 is 0. The molecular formula is C19H28N4S. The first kappa shape index (κ1) is 18.5. The molecule has 1 aromatic heterocycles. The maximum Gasteiger partial charge on any atom is 0.194 e. The van der Waals surface area contributed by atoms with Crippen molar-refractivity contribution in [2.75, 3.05) is 20.1 Å². The Labute approximate surface area is 149 Å². The highest BCUT2D eigenvalue weighted by atomic mass is 32.1. The summed E-state index contributed by atoms with van der Waals surface area (Å²) in [6.07, 6.45) is 0.963. The molecule has 2 rings (SSSR count). The lowest BCUT2D eigenvalue weighted by Crippen LogP contribution is -2.38. The Morgan fingerprint density at radius 3 is 2.71 bits per heavy atom. The molecular weight excluding hydrogens is 316 g/mol. The van der Waals surface area contributed by atoms with Crippen LogP contribution in [0.3, 0.4) is 0 Å². The molecule has 0 fully saturated rings. The summed E-state index contributed by atoms with van der Waals surface area (Å²) in [6.45, 7) is 10.9. The topological polar surface area (TPSA) is 40.5 Å². The first-order valence-electron chi connectivity index (χ1n) is 8.46. The van der Waals surface area contributed by atoms with Gasteiger partial charge in [-0.05, 0) is 45.2 Å². The van der Waals surface area contributed by atoms with Crippen LogP contribution in [-0.4, -0.2) is 36.0 Å². The predicted molar refractivity (Wildman–Crippen MR) is 104 cm³/mol. The second-order valence-corrected chi connectivity index (χ2v) is 7.19. The standard InChI is InChI=1S/C19H28N4S/c1-6-20-19(23(5)12-18-13-24-16(4)22-18)21-10-9-17-8-7-14(2)11-15(17)3/h7-8,11,13H,6,9-10,12H2,1-5H3,(H,20,21). The summed E-state index contributed by atoms with van der Waals surface area (Å²) >= 11 is 1.69. The van der Waals surface area contributed by atoms with E-state index in [1.165, 1.54) is 16.7 Å². The molecule has 4 nitrogen and oxygen atoms in total. The number of guanidine groups is 1. The van der Waals surface area contributed by atoms with Crippen molar-refractivity contribution in [1.82, 2.24) is 15.2 Å². The summed E-state index contributed by atoms with van der Waals surface area (Å²) in [4.78, 5) is 11.5. The van der Waals surface area contributed by atoms with Crippen molar-refractivity contribution >= 4 is 17.3 Å². The number of hydrogen-bond acceptors (Lipinski definition) is 3. The van der Waals surface area contributed by atoms with E-state index in [2.05, 4.69) is 66.6 Å². The molecule has 1 aromatic carbocycles. The Bertz CT molecular complexity index is 690. The lowest BCUT2D eigenvalue weighted by Gasteiger charge is -2.21.